The van der Waals surface area contributed by atoms with Gasteiger partial charge in [-0.3, -0.25) is 4.79 Å². The summed E-state index contributed by atoms with van der Waals surface area (Å²) in [4.78, 5) is 24.2. The average molecular weight is 307 g/mol. The molecular formula is C16H21NO5. The minimum Gasteiger partial charge on any atom is -0.486 e. The van der Waals surface area contributed by atoms with E-state index in [0.29, 0.717) is 30.3 Å². The molecule has 6 nitrogen and oxygen atoms in total. The van der Waals surface area contributed by atoms with Gasteiger partial charge in [0.15, 0.2) is 11.5 Å². The zero-order valence-corrected chi connectivity index (χ0v) is 13.0. The highest BCUT2D eigenvalue weighted by Crippen LogP contribution is 2.30. The largest absolute Gasteiger partial charge is 0.486 e. The van der Waals surface area contributed by atoms with Crippen molar-refractivity contribution in [2.24, 2.45) is 5.92 Å². The number of methoxy groups -OCH3 is 1. The number of carbonyl (C=O) groups is 2. The monoisotopic (exact) mass is 307 g/mol. The van der Waals surface area contributed by atoms with Crippen LogP contribution in [0.2, 0.25) is 0 Å². The Bertz CT molecular complexity index is 557. The third-order valence-corrected chi connectivity index (χ3v) is 3.76. The van der Waals surface area contributed by atoms with Gasteiger partial charge in [-0.15, -0.1) is 0 Å². The van der Waals surface area contributed by atoms with Crippen LogP contribution < -0.4 is 14.8 Å². The Morgan fingerprint density at radius 1 is 1.27 bits per heavy atom. The van der Waals surface area contributed by atoms with E-state index >= 15 is 0 Å². The van der Waals surface area contributed by atoms with E-state index in [1.807, 2.05) is 13.8 Å². The van der Waals surface area contributed by atoms with Crippen LogP contribution in [-0.4, -0.2) is 38.2 Å². The Hall–Kier alpha value is -2.24. The molecule has 1 N–H and O–H groups in total. The smallest absolute Gasteiger partial charge is 0.328 e. The van der Waals surface area contributed by atoms with Crippen LogP contribution in [0.4, 0.5) is 0 Å². The molecule has 1 aromatic carbocycles. The number of carbonyl (C=O) groups excluding carboxylic acids is 2. The Labute approximate surface area is 129 Å². The first kappa shape index (κ1) is 16.1. The van der Waals surface area contributed by atoms with Crippen molar-refractivity contribution in [3.63, 3.8) is 0 Å². The van der Waals surface area contributed by atoms with Crippen molar-refractivity contribution in [1.82, 2.24) is 5.32 Å². The van der Waals surface area contributed by atoms with Crippen molar-refractivity contribution >= 4 is 11.9 Å². The van der Waals surface area contributed by atoms with E-state index in [-0.39, 0.29) is 11.8 Å². The standard InChI is InChI=1S/C16H21NO5/c1-4-10(2)14(16(19)20-3)17-15(18)11-5-6-12-13(9-11)22-8-7-21-12/h5-6,9-10,14H,4,7-8H2,1-3H3,(H,17,18)/t10-,14+/m0/s1. The SMILES string of the molecule is CC[C@H](C)[C@@H](NC(=O)c1ccc2c(c1)OCCO2)C(=O)OC. The van der Waals surface area contributed by atoms with E-state index in [9.17, 15) is 9.59 Å². The number of ether oxygens (including phenoxy) is 3. The Morgan fingerprint density at radius 3 is 2.59 bits per heavy atom. The molecule has 2 atom stereocenters. The van der Waals surface area contributed by atoms with E-state index in [1.165, 1.54) is 7.11 Å². The summed E-state index contributed by atoms with van der Waals surface area (Å²) < 4.78 is 15.6. The lowest BCUT2D eigenvalue weighted by Crippen LogP contribution is -2.45. The first-order chi connectivity index (χ1) is 10.6. The number of esters is 1. The third kappa shape index (κ3) is 3.50. The molecule has 2 rings (SSSR count). The number of rotatable bonds is 5. The fraction of sp³-hybridized carbons (Fsp3) is 0.500. The molecule has 0 fully saturated rings. The summed E-state index contributed by atoms with van der Waals surface area (Å²) in [5.41, 5.74) is 0.418. The second kappa shape index (κ2) is 7.15. The number of benzene rings is 1. The van der Waals surface area contributed by atoms with Crippen molar-refractivity contribution in [2.75, 3.05) is 20.3 Å². The van der Waals surface area contributed by atoms with Gasteiger partial charge in [0.2, 0.25) is 0 Å². The molecule has 0 spiro atoms. The maximum atomic E-state index is 12.4. The lowest BCUT2D eigenvalue weighted by molar-refractivity contribution is -0.144. The molecule has 0 saturated heterocycles. The Balaban J connectivity index is 2.14. The molecule has 0 aliphatic carbocycles. The van der Waals surface area contributed by atoms with Gasteiger partial charge in [-0.2, -0.15) is 0 Å². The quantitative estimate of drug-likeness (QED) is 0.839. The van der Waals surface area contributed by atoms with Gasteiger partial charge < -0.3 is 19.5 Å². The molecule has 22 heavy (non-hydrogen) atoms. The lowest BCUT2D eigenvalue weighted by Gasteiger charge is -2.22. The molecule has 1 amide bonds. The van der Waals surface area contributed by atoms with Crippen LogP contribution in [0.5, 0.6) is 11.5 Å². The van der Waals surface area contributed by atoms with Crippen LogP contribution in [0, 0.1) is 5.92 Å². The minimum absolute atomic E-state index is 0.0198. The zero-order valence-electron chi connectivity index (χ0n) is 13.0. The fourth-order valence-electron chi connectivity index (χ4n) is 2.21. The van der Waals surface area contributed by atoms with E-state index in [4.69, 9.17) is 14.2 Å². The lowest BCUT2D eigenvalue weighted by atomic mass is 9.99. The fourth-order valence-corrected chi connectivity index (χ4v) is 2.21. The van der Waals surface area contributed by atoms with Gasteiger partial charge in [-0.25, -0.2) is 4.79 Å². The van der Waals surface area contributed by atoms with Crippen LogP contribution in [0.3, 0.4) is 0 Å². The number of fused-ring (bicyclic) bond motifs is 1. The molecule has 1 heterocycles. The maximum absolute atomic E-state index is 12.4. The maximum Gasteiger partial charge on any atom is 0.328 e. The van der Waals surface area contributed by atoms with Gasteiger partial charge >= 0.3 is 5.97 Å². The van der Waals surface area contributed by atoms with Gasteiger partial charge in [0, 0.05) is 5.56 Å². The molecule has 0 saturated carbocycles. The highest BCUT2D eigenvalue weighted by Gasteiger charge is 2.27. The molecule has 0 bridgehead atoms. The average Bonchev–Trinajstić information content (AvgIpc) is 2.57. The van der Waals surface area contributed by atoms with Crippen LogP contribution >= 0.6 is 0 Å². The van der Waals surface area contributed by atoms with Crippen molar-refractivity contribution < 1.29 is 23.8 Å². The van der Waals surface area contributed by atoms with E-state index in [0.717, 1.165) is 6.42 Å². The van der Waals surface area contributed by atoms with Gasteiger partial charge in [-0.1, -0.05) is 20.3 Å². The van der Waals surface area contributed by atoms with Crippen molar-refractivity contribution in [3.8, 4) is 11.5 Å². The highest BCUT2D eigenvalue weighted by atomic mass is 16.6. The van der Waals surface area contributed by atoms with E-state index in [2.05, 4.69) is 5.32 Å². The van der Waals surface area contributed by atoms with Crippen LogP contribution in [0.1, 0.15) is 30.6 Å². The summed E-state index contributed by atoms with van der Waals surface area (Å²) in [6.45, 7) is 4.80. The van der Waals surface area contributed by atoms with Gasteiger partial charge in [0.1, 0.15) is 19.3 Å². The Kier molecular flexibility index (Phi) is 5.25. The summed E-state index contributed by atoms with van der Waals surface area (Å²) in [7, 11) is 1.31. The first-order valence-corrected chi connectivity index (χ1v) is 7.35. The summed E-state index contributed by atoms with van der Waals surface area (Å²) in [6.07, 6.45) is 0.751. The molecule has 1 aliphatic rings. The highest BCUT2D eigenvalue weighted by molar-refractivity contribution is 5.97. The van der Waals surface area contributed by atoms with Crippen LogP contribution in [-0.2, 0) is 9.53 Å². The normalized spacial score (nSPS) is 15.6. The van der Waals surface area contributed by atoms with Gasteiger partial charge in [0.25, 0.3) is 5.91 Å². The van der Waals surface area contributed by atoms with Crippen molar-refractivity contribution in [3.05, 3.63) is 23.8 Å². The molecule has 1 aromatic rings. The number of nitrogens with one attached hydrogen (secondary N) is 1. The van der Waals surface area contributed by atoms with E-state index in [1.54, 1.807) is 18.2 Å². The number of hydrogen-bond donors (Lipinski definition) is 1. The third-order valence-electron chi connectivity index (χ3n) is 3.76. The summed E-state index contributed by atoms with van der Waals surface area (Å²) >= 11 is 0. The first-order valence-electron chi connectivity index (χ1n) is 7.35. The molecule has 6 heteroatoms. The van der Waals surface area contributed by atoms with Gasteiger partial charge in [-0.05, 0) is 24.1 Å². The van der Waals surface area contributed by atoms with E-state index < -0.39 is 12.0 Å². The van der Waals surface area contributed by atoms with Gasteiger partial charge in [0.05, 0.1) is 7.11 Å². The minimum atomic E-state index is -0.671. The number of amides is 1. The predicted molar refractivity (Wildman–Crippen MR) is 80.2 cm³/mol. The Morgan fingerprint density at radius 2 is 1.95 bits per heavy atom. The van der Waals surface area contributed by atoms with Crippen molar-refractivity contribution in [2.45, 2.75) is 26.3 Å². The van der Waals surface area contributed by atoms with Crippen LogP contribution in [0.15, 0.2) is 18.2 Å². The molecule has 0 unspecified atom stereocenters. The number of hydrogen-bond acceptors (Lipinski definition) is 5. The molecular weight excluding hydrogens is 286 g/mol. The molecule has 120 valence electrons. The van der Waals surface area contributed by atoms with Crippen LogP contribution in [0.25, 0.3) is 0 Å². The van der Waals surface area contributed by atoms with Crippen molar-refractivity contribution in [1.29, 1.82) is 0 Å². The summed E-state index contributed by atoms with van der Waals surface area (Å²) in [6, 6.07) is 4.29. The zero-order chi connectivity index (χ0) is 16.1. The second-order valence-corrected chi connectivity index (χ2v) is 5.22. The second-order valence-electron chi connectivity index (χ2n) is 5.22. The molecule has 0 radical (unpaired) electrons. The topological polar surface area (TPSA) is 73.9 Å². The summed E-state index contributed by atoms with van der Waals surface area (Å²) in [5, 5.41) is 2.73. The predicted octanol–water partition coefficient (Wildman–Crippen LogP) is 1.78. The molecule has 1 aliphatic heterocycles. The summed E-state index contributed by atoms with van der Waals surface area (Å²) in [5.74, 6) is 0.354. The molecule has 0 aromatic heterocycles.